The van der Waals surface area contributed by atoms with Gasteiger partial charge in [0, 0.05) is 18.0 Å². The minimum absolute atomic E-state index is 0.136. The van der Waals surface area contributed by atoms with Gasteiger partial charge in [-0.3, -0.25) is 4.79 Å². The predicted molar refractivity (Wildman–Crippen MR) is 86.1 cm³/mol. The van der Waals surface area contributed by atoms with Crippen LogP contribution in [0.4, 0.5) is 4.39 Å². The first-order valence-corrected chi connectivity index (χ1v) is 8.35. The fraction of sp³-hybridized carbons (Fsp3) is 0.471. The van der Waals surface area contributed by atoms with Gasteiger partial charge in [0.15, 0.2) is 0 Å². The third-order valence-electron chi connectivity index (χ3n) is 3.68. The molecule has 1 aromatic rings. The van der Waals surface area contributed by atoms with Crippen molar-refractivity contribution >= 4 is 17.7 Å². The largest absolute Gasteiger partial charge is 0.369 e. The van der Waals surface area contributed by atoms with Gasteiger partial charge in [-0.05, 0) is 43.0 Å². The van der Waals surface area contributed by atoms with Crippen LogP contribution >= 0.6 is 11.8 Å². The van der Waals surface area contributed by atoms with E-state index in [0.717, 1.165) is 30.8 Å². The van der Waals surface area contributed by atoms with Crippen LogP contribution in [-0.2, 0) is 9.53 Å². The quantitative estimate of drug-likeness (QED) is 0.458. The third-order valence-corrected chi connectivity index (χ3v) is 4.68. The lowest BCUT2D eigenvalue weighted by molar-refractivity contribution is -0.130. The molecule has 0 atom stereocenters. The number of thioether (sulfide) groups is 1. The van der Waals surface area contributed by atoms with Gasteiger partial charge in [-0.25, -0.2) is 4.39 Å². The Morgan fingerprint density at radius 2 is 2.05 bits per heavy atom. The maximum Gasteiger partial charge on any atom is 0.232 e. The zero-order valence-corrected chi connectivity index (χ0v) is 13.3. The SMILES string of the molecule is C#CCOCC1CCN(C(=O)CSc2ccc(F)cc2)CC1. The molecule has 1 heterocycles. The number of ether oxygens (including phenoxy) is 1. The predicted octanol–water partition coefficient (Wildman–Crippen LogP) is 2.81. The summed E-state index contributed by atoms with van der Waals surface area (Å²) >= 11 is 1.44. The molecule has 0 unspecified atom stereocenters. The summed E-state index contributed by atoms with van der Waals surface area (Å²) in [5.41, 5.74) is 0. The Hall–Kier alpha value is -1.51. The van der Waals surface area contributed by atoms with Crippen molar-refractivity contribution in [1.29, 1.82) is 0 Å². The number of carbonyl (C=O) groups is 1. The molecule has 22 heavy (non-hydrogen) atoms. The number of benzene rings is 1. The van der Waals surface area contributed by atoms with Gasteiger partial charge in [0.25, 0.3) is 0 Å². The summed E-state index contributed by atoms with van der Waals surface area (Å²) in [6.45, 7) is 2.57. The van der Waals surface area contributed by atoms with E-state index in [1.165, 1.54) is 23.9 Å². The molecule has 1 aliphatic heterocycles. The number of hydrogen-bond donors (Lipinski definition) is 0. The number of amides is 1. The van der Waals surface area contributed by atoms with Gasteiger partial charge >= 0.3 is 0 Å². The van der Waals surface area contributed by atoms with Gasteiger partial charge in [-0.2, -0.15) is 0 Å². The van der Waals surface area contributed by atoms with E-state index < -0.39 is 0 Å². The number of nitrogens with zero attached hydrogens (tertiary/aromatic N) is 1. The van der Waals surface area contributed by atoms with Crippen molar-refractivity contribution in [3.8, 4) is 12.3 Å². The lowest BCUT2D eigenvalue weighted by Crippen LogP contribution is -2.40. The van der Waals surface area contributed by atoms with Crippen LogP contribution in [0.1, 0.15) is 12.8 Å². The highest BCUT2D eigenvalue weighted by Crippen LogP contribution is 2.21. The molecule has 118 valence electrons. The first kappa shape index (κ1) is 16.9. The number of piperidine rings is 1. The van der Waals surface area contributed by atoms with Crippen LogP contribution < -0.4 is 0 Å². The van der Waals surface area contributed by atoms with Gasteiger partial charge < -0.3 is 9.64 Å². The van der Waals surface area contributed by atoms with Crippen LogP contribution in [0.25, 0.3) is 0 Å². The highest BCUT2D eigenvalue weighted by Gasteiger charge is 2.22. The summed E-state index contributed by atoms with van der Waals surface area (Å²) in [5.74, 6) is 3.21. The second-order valence-corrected chi connectivity index (χ2v) is 6.33. The molecule has 3 nitrogen and oxygen atoms in total. The number of halogens is 1. The van der Waals surface area contributed by atoms with Crippen molar-refractivity contribution < 1.29 is 13.9 Å². The molecule has 0 saturated carbocycles. The molecular formula is C17H20FNO2S. The molecule has 0 spiro atoms. The molecule has 0 bridgehead atoms. The van der Waals surface area contributed by atoms with Crippen LogP contribution in [-0.4, -0.2) is 42.9 Å². The van der Waals surface area contributed by atoms with Crippen LogP contribution in [0, 0.1) is 24.1 Å². The Bertz CT molecular complexity index is 518. The fourth-order valence-corrected chi connectivity index (χ4v) is 3.20. The van der Waals surface area contributed by atoms with Crippen molar-refractivity contribution in [2.45, 2.75) is 17.7 Å². The van der Waals surface area contributed by atoms with Crippen molar-refractivity contribution in [2.24, 2.45) is 5.92 Å². The van der Waals surface area contributed by atoms with Crippen LogP contribution in [0.5, 0.6) is 0 Å². The Kier molecular flexibility index (Phi) is 6.75. The number of rotatable bonds is 6. The van der Waals surface area contributed by atoms with Crippen LogP contribution in [0.15, 0.2) is 29.2 Å². The highest BCUT2D eigenvalue weighted by molar-refractivity contribution is 8.00. The van der Waals surface area contributed by atoms with Gasteiger partial charge in [-0.1, -0.05) is 5.92 Å². The maximum atomic E-state index is 12.8. The van der Waals surface area contributed by atoms with E-state index in [0.29, 0.717) is 24.9 Å². The van der Waals surface area contributed by atoms with Crippen LogP contribution in [0.2, 0.25) is 0 Å². The van der Waals surface area contributed by atoms with Gasteiger partial charge in [0.05, 0.1) is 12.4 Å². The molecule has 5 heteroatoms. The lowest BCUT2D eigenvalue weighted by atomic mass is 9.98. The van der Waals surface area contributed by atoms with Crippen molar-refractivity contribution in [3.63, 3.8) is 0 Å². The summed E-state index contributed by atoms with van der Waals surface area (Å²) in [5, 5.41) is 0. The van der Waals surface area contributed by atoms with Crippen molar-refractivity contribution in [2.75, 3.05) is 32.1 Å². The van der Waals surface area contributed by atoms with Crippen molar-refractivity contribution in [1.82, 2.24) is 4.90 Å². The number of likely N-dealkylation sites (tertiary alicyclic amines) is 1. The standard InChI is InChI=1S/C17H20FNO2S/c1-2-11-21-12-14-7-9-19(10-8-14)17(20)13-22-16-5-3-15(18)4-6-16/h1,3-6,14H,7-13H2. The minimum Gasteiger partial charge on any atom is -0.369 e. The van der Waals surface area contributed by atoms with E-state index in [1.807, 2.05) is 4.90 Å². The lowest BCUT2D eigenvalue weighted by Gasteiger charge is -2.31. The third kappa shape index (κ3) is 5.36. The second kappa shape index (κ2) is 8.82. The zero-order valence-electron chi connectivity index (χ0n) is 12.5. The smallest absolute Gasteiger partial charge is 0.232 e. The molecule has 0 N–H and O–H groups in total. The Balaban J connectivity index is 1.69. The minimum atomic E-state index is -0.259. The van der Waals surface area contributed by atoms with Gasteiger partial charge in [-0.15, -0.1) is 18.2 Å². The van der Waals surface area contributed by atoms with Crippen molar-refractivity contribution in [3.05, 3.63) is 30.1 Å². The van der Waals surface area contributed by atoms with E-state index in [1.54, 1.807) is 12.1 Å². The first-order valence-electron chi connectivity index (χ1n) is 7.36. The summed E-state index contributed by atoms with van der Waals surface area (Å²) in [7, 11) is 0. The van der Waals surface area contributed by atoms with E-state index >= 15 is 0 Å². The van der Waals surface area contributed by atoms with E-state index in [4.69, 9.17) is 11.2 Å². The maximum absolute atomic E-state index is 12.8. The summed E-state index contributed by atoms with van der Waals surface area (Å²) < 4.78 is 18.2. The van der Waals surface area contributed by atoms with E-state index in [2.05, 4.69) is 5.92 Å². The first-order chi connectivity index (χ1) is 10.7. The van der Waals surface area contributed by atoms with E-state index in [9.17, 15) is 9.18 Å². The Morgan fingerprint density at radius 1 is 1.36 bits per heavy atom. The summed E-state index contributed by atoms with van der Waals surface area (Å²) in [6.07, 6.45) is 7.06. The topological polar surface area (TPSA) is 29.5 Å². The molecule has 0 aliphatic carbocycles. The molecule has 0 radical (unpaired) electrons. The molecule has 1 fully saturated rings. The monoisotopic (exact) mass is 321 g/mol. The normalized spacial score (nSPS) is 15.5. The molecule has 0 aromatic heterocycles. The molecule has 2 rings (SSSR count). The molecule has 1 aromatic carbocycles. The Labute approximate surface area is 135 Å². The zero-order chi connectivity index (χ0) is 15.8. The summed E-state index contributed by atoms with van der Waals surface area (Å²) in [6, 6.07) is 6.22. The average molecular weight is 321 g/mol. The molecular weight excluding hydrogens is 301 g/mol. The number of terminal acetylenes is 1. The molecule has 1 amide bonds. The fourth-order valence-electron chi connectivity index (χ4n) is 2.40. The van der Waals surface area contributed by atoms with E-state index in [-0.39, 0.29) is 11.7 Å². The Morgan fingerprint density at radius 3 is 2.68 bits per heavy atom. The number of hydrogen-bond acceptors (Lipinski definition) is 3. The van der Waals surface area contributed by atoms with Crippen LogP contribution in [0.3, 0.4) is 0 Å². The number of carbonyl (C=O) groups excluding carboxylic acids is 1. The summed E-state index contributed by atoms with van der Waals surface area (Å²) in [4.78, 5) is 15.0. The average Bonchev–Trinajstić information content (AvgIpc) is 2.55. The van der Waals surface area contributed by atoms with Gasteiger partial charge in [0.2, 0.25) is 5.91 Å². The van der Waals surface area contributed by atoms with Gasteiger partial charge in [0.1, 0.15) is 12.4 Å². The molecule has 1 saturated heterocycles. The second-order valence-electron chi connectivity index (χ2n) is 5.29. The molecule has 1 aliphatic rings. The highest BCUT2D eigenvalue weighted by atomic mass is 32.2.